The summed E-state index contributed by atoms with van der Waals surface area (Å²) in [5, 5.41) is 3.38. The van der Waals surface area contributed by atoms with Gasteiger partial charge < -0.3 is 14.8 Å². The number of hydrogen-bond acceptors (Lipinski definition) is 4. The highest BCUT2D eigenvalue weighted by Crippen LogP contribution is 2.35. The molecule has 1 aromatic heterocycles. The number of nitrogens with zero attached hydrogens (tertiary/aromatic N) is 1. The number of aryl methyl sites for hydroxylation is 1. The van der Waals surface area contributed by atoms with Crippen molar-refractivity contribution in [2.45, 2.75) is 37.9 Å². The van der Waals surface area contributed by atoms with Gasteiger partial charge in [0.25, 0.3) is 0 Å². The van der Waals surface area contributed by atoms with Crippen molar-refractivity contribution in [1.82, 2.24) is 10.3 Å². The number of ether oxygens (including phenoxy) is 2. The lowest BCUT2D eigenvalue weighted by Crippen LogP contribution is -2.41. The van der Waals surface area contributed by atoms with Crippen LogP contribution in [0.5, 0.6) is 5.75 Å². The van der Waals surface area contributed by atoms with E-state index in [-0.39, 0.29) is 11.7 Å². The van der Waals surface area contributed by atoms with Gasteiger partial charge >= 0.3 is 0 Å². The number of rotatable bonds is 2. The van der Waals surface area contributed by atoms with Crippen LogP contribution in [-0.4, -0.2) is 36.4 Å². The van der Waals surface area contributed by atoms with E-state index in [2.05, 4.69) is 10.3 Å². The van der Waals surface area contributed by atoms with Crippen molar-refractivity contribution in [2.24, 2.45) is 0 Å². The van der Waals surface area contributed by atoms with Crippen molar-refractivity contribution < 1.29 is 9.47 Å². The molecule has 0 bridgehead atoms. The SMILES string of the molecule is Cc1cnccc1OC1COC2(CCNCC2)C1. The molecule has 1 atom stereocenters. The van der Waals surface area contributed by atoms with Crippen LogP contribution in [0, 0.1) is 6.92 Å². The summed E-state index contributed by atoms with van der Waals surface area (Å²) in [7, 11) is 0. The number of pyridine rings is 1. The van der Waals surface area contributed by atoms with E-state index in [1.165, 1.54) is 0 Å². The molecule has 1 N–H and O–H groups in total. The van der Waals surface area contributed by atoms with Crippen LogP contribution in [0.1, 0.15) is 24.8 Å². The highest BCUT2D eigenvalue weighted by atomic mass is 16.6. The average molecular weight is 248 g/mol. The molecule has 2 aliphatic rings. The van der Waals surface area contributed by atoms with Crippen molar-refractivity contribution in [3.05, 3.63) is 24.0 Å². The predicted octanol–water partition coefficient (Wildman–Crippen LogP) is 1.68. The summed E-state index contributed by atoms with van der Waals surface area (Å²) in [6, 6.07) is 1.93. The third-order valence-electron chi connectivity index (χ3n) is 3.95. The van der Waals surface area contributed by atoms with Crippen LogP contribution >= 0.6 is 0 Å². The summed E-state index contributed by atoms with van der Waals surface area (Å²) in [6.07, 6.45) is 7.01. The minimum absolute atomic E-state index is 0.0663. The molecule has 4 nitrogen and oxygen atoms in total. The Labute approximate surface area is 108 Å². The van der Waals surface area contributed by atoms with E-state index in [0.29, 0.717) is 6.61 Å². The first-order valence-corrected chi connectivity index (χ1v) is 6.69. The molecular formula is C14H20N2O2. The largest absolute Gasteiger partial charge is 0.488 e. The van der Waals surface area contributed by atoms with E-state index >= 15 is 0 Å². The second kappa shape index (κ2) is 4.86. The van der Waals surface area contributed by atoms with Crippen LogP contribution in [0.3, 0.4) is 0 Å². The van der Waals surface area contributed by atoms with Crippen molar-refractivity contribution >= 4 is 0 Å². The zero-order valence-corrected chi connectivity index (χ0v) is 10.8. The lowest BCUT2D eigenvalue weighted by atomic mass is 9.89. The normalized spacial score (nSPS) is 26.4. The van der Waals surface area contributed by atoms with Gasteiger partial charge in [-0.25, -0.2) is 0 Å². The Hall–Kier alpha value is -1.13. The maximum Gasteiger partial charge on any atom is 0.125 e. The summed E-state index contributed by atoms with van der Waals surface area (Å²) < 4.78 is 12.1. The maximum absolute atomic E-state index is 6.05. The van der Waals surface area contributed by atoms with Gasteiger partial charge in [0.15, 0.2) is 0 Å². The molecular weight excluding hydrogens is 228 g/mol. The third kappa shape index (κ3) is 2.35. The van der Waals surface area contributed by atoms with Crippen molar-refractivity contribution in [3.63, 3.8) is 0 Å². The molecule has 0 saturated carbocycles. The topological polar surface area (TPSA) is 43.4 Å². The Balaban J connectivity index is 1.64. The van der Waals surface area contributed by atoms with Gasteiger partial charge in [0.1, 0.15) is 11.9 Å². The Morgan fingerprint density at radius 1 is 1.44 bits per heavy atom. The molecule has 2 aliphatic heterocycles. The van der Waals surface area contributed by atoms with Crippen LogP contribution in [0.2, 0.25) is 0 Å². The first-order valence-electron chi connectivity index (χ1n) is 6.69. The van der Waals surface area contributed by atoms with Crippen molar-refractivity contribution in [2.75, 3.05) is 19.7 Å². The predicted molar refractivity (Wildman–Crippen MR) is 68.8 cm³/mol. The van der Waals surface area contributed by atoms with Gasteiger partial charge in [0.2, 0.25) is 0 Å². The number of nitrogens with one attached hydrogen (secondary N) is 1. The molecule has 18 heavy (non-hydrogen) atoms. The Morgan fingerprint density at radius 3 is 3.06 bits per heavy atom. The van der Waals surface area contributed by atoms with Gasteiger partial charge in [0, 0.05) is 24.4 Å². The van der Waals surface area contributed by atoms with E-state index in [9.17, 15) is 0 Å². The zero-order valence-electron chi connectivity index (χ0n) is 10.8. The van der Waals surface area contributed by atoms with E-state index in [0.717, 1.165) is 43.7 Å². The molecule has 1 unspecified atom stereocenters. The van der Waals surface area contributed by atoms with Gasteiger partial charge in [-0.1, -0.05) is 0 Å². The van der Waals surface area contributed by atoms with E-state index < -0.39 is 0 Å². The fourth-order valence-corrected chi connectivity index (χ4v) is 2.88. The summed E-state index contributed by atoms with van der Waals surface area (Å²) in [4.78, 5) is 4.08. The fraction of sp³-hybridized carbons (Fsp3) is 0.643. The van der Waals surface area contributed by atoms with Gasteiger partial charge in [-0.05, 0) is 38.9 Å². The molecule has 98 valence electrons. The molecule has 3 heterocycles. The van der Waals surface area contributed by atoms with Crippen molar-refractivity contribution in [3.8, 4) is 5.75 Å². The maximum atomic E-state index is 6.05. The third-order valence-corrected chi connectivity index (χ3v) is 3.95. The molecule has 2 fully saturated rings. The van der Waals surface area contributed by atoms with E-state index in [1.807, 2.05) is 19.2 Å². The molecule has 0 aliphatic carbocycles. The molecule has 1 aromatic rings. The lowest BCUT2D eigenvalue weighted by Gasteiger charge is -2.32. The standard InChI is InChI=1S/C14H20N2O2/c1-11-9-16-5-2-13(11)18-12-8-14(17-10-12)3-6-15-7-4-14/h2,5,9,12,15H,3-4,6-8,10H2,1H3. The van der Waals surface area contributed by atoms with E-state index in [4.69, 9.17) is 9.47 Å². The number of piperidine rings is 1. The van der Waals surface area contributed by atoms with Crippen LogP contribution in [-0.2, 0) is 4.74 Å². The molecule has 2 saturated heterocycles. The highest BCUT2D eigenvalue weighted by Gasteiger charge is 2.42. The smallest absolute Gasteiger partial charge is 0.125 e. The lowest BCUT2D eigenvalue weighted by molar-refractivity contribution is -0.0205. The van der Waals surface area contributed by atoms with Crippen molar-refractivity contribution in [1.29, 1.82) is 0 Å². The van der Waals surface area contributed by atoms with Crippen LogP contribution < -0.4 is 10.1 Å². The first kappa shape index (κ1) is 11.9. The number of aromatic nitrogens is 1. The molecule has 0 aromatic carbocycles. The van der Waals surface area contributed by atoms with Crippen LogP contribution in [0.25, 0.3) is 0 Å². The van der Waals surface area contributed by atoms with E-state index in [1.54, 1.807) is 6.20 Å². The molecule has 0 radical (unpaired) electrons. The second-order valence-electron chi connectivity index (χ2n) is 5.33. The summed E-state index contributed by atoms with van der Waals surface area (Å²) >= 11 is 0. The average Bonchev–Trinajstić information content (AvgIpc) is 2.76. The minimum atomic E-state index is 0.0663. The minimum Gasteiger partial charge on any atom is -0.488 e. The van der Waals surface area contributed by atoms with Crippen LogP contribution in [0.4, 0.5) is 0 Å². The van der Waals surface area contributed by atoms with Gasteiger partial charge in [-0.15, -0.1) is 0 Å². The zero-order chi connectivity index (χ0) is 12.4. The Bertz CT molecular complexity index is 416. The highest BCUT2D eigenvalue weighted by molar-refractivity contribution is 5.28. The van der Waals surface area contributed by atoms with Crippen LogP contribution in [0.15, 0.2) is 18.5 Å². The number of hydrogen-bond donors (Lipinski definition) is 1. The summed E-state index contributed by atoms with van der Waals surface area (Å²) in [5.74, 6) is 0.935. The first-order chi connectivity index (χ1) is 8.77. The summed E-state index contributed by atoms with van der Waals surface area (Å²) in [5.41, 5.74) is 1.15. The second-order valence-corrected chi connectivity index (χ2v) is 5.33. The van der Waals surface area contributed by atoms with Gasteiger partial charge in [-0.3, -0.25) is 4.98 Å². The Kier molecular flexibility index (Phi) is 3.22. The monoisotopic (exact) mass is 248 g/mol. The molecule has 3 rings (SSSR count). The molecule has 1 spiro atoms. The quantitative estimate of drug-likeness (QED) is 0.865. The van der Waals surface area contributed by atoms with Gasteiger partial charge in [-0.2, -0.15) is 0 Å². The Morgan fingerprint density at radius 2 is 2.28 bits per heavy atom. The fourth-order valence-electron chi connectivity index (χ4n) is 2.88. The van der Waals surface area contributed by atoms with Gasteiger partial charge in [0.05, 0.1) is 12.2 Å². The molecule has 0 amide bonds. The summed E-state index contributed by atoms with van der Waals surface area (Å²) in [6.45, 7) is 4.85. The molecule has 4 heteroatoms.